The van der Waals surface area contributed by atoms with Crippen LogP contribution in [0.15, 0.2) is 83.3 Å². The van der Waals surface area contributed by atoms with Gasteiger partial charge in [-0.25, -0.2) is 19.6 Å². The van der Waals surface area contributed by atoms with Crippen molar-refractivity contribution in [2.24, 2.45) is 5.92 Å². The third-order valence-electron chi connectivity index (χ3n) is 7.14. The van der Waals surface area contributed by atoms with Gasteiger partial charge >= 0.3 is 12.1 Å². The van der Waals surface area contributed by atoms with Crippen LogP contribution in [0.4, 0.5) is 10.5 Å². The largest absolute Gasteiger partial charge is 0.456 e. The smallest absolute Gasteiger partial charge is 0.416 e. The molecule has 2 heterocycles. The van der Waals surface area contributed by atoms with Crippen LogP contribution in [0, 0.1) is 5.92 Å². The molecule has 0 N–H and O–H groups in total. The molecule has 2 amide bonds. The summed E-state index contributed by atoms with van der Waals surface area (Å²) < 4.78 is 11.8. The first-order chi connectivity index (χ1) is 19.5. The highest BCUT2D eigenvalue weighted by atomic mass is 79.9. The van der Waals surface area contributed by atoms with Gasteiger partial charge in [-0.2, -0.15) is 0 Å². The SMILES string of the molecule is C[C@@H]1ON(c2ccc(C(=O)OC(C)(C)C)cc2)[C@H](c2ccc(Br)cc2)[C@H]1C(=O)N1C(=O)OC[C@H]1Cc1ccccc1. The molecule has 0 spiro atoms. The van der Waals surface area contributed by atoms with Crippen molar-refractivity contribution >= 4 is 39.6 Å². The Morgan fingerprint density at radius 2 is 1.63 bits per heavy atom. The highest BCUT2D eigenvalue weighted by Crippen LogP contribution is 2.44. The number of carbonyl (C=O) groups is 3. The Morgan fingerprint density at radius 1 is 0.976 bits per heavy atom. The predicted molar refractivity (Wildman–Crippen MR) is 157 cm³/mol. The van der Waals surface area contributed by atoms with Gasteiger partial charge in [-0.3, -0.25) is 9.63 Å². The summed E-state index contributed by atoms with van der Waals surface area (Å²) in [5.41, 5.74) is 2.32. The van der Waals surface area contributed by atoms with E-state index < -0.39 is 41.8 Å². The van der Waals surface area contributed by atoms with E-state index in [-0.39, 0.29) is 12.5 Å². The molecule has 9 heteroatoms. The molecule has 2 fully saturated rings. The van der Waals surface area contributed by atoms with Crippen molar-refractivity contribution in [2.45, 2.75) is 57.9 Å². The van der Waals surface area contributed by atoms with Crippen molar-refractivity contribution in [1.82, 2.24) is 4.90 Å². The van der Waals surface area contributed by atoms with E-state index in [4.69, 9.17) is 14.3 Å². The van der Waals surface area contributed by atoms with E-state index >= 15 is 0 Å². The summed E-state index contributed by atoms with van der Waals surface area (Å²) >= 11 is 3.49. The number of nitrogens with zero attached hydrogens (tertiary/aromatic N) is 2. The Hall–Kier alpha value is -3.69. The van der Waals surface area contributed by atoms with Crippen molar-refractivity contribution in [3.63, 3.8) is 0 Å². The van der Waals surface area contributed by atoms with Crippen LogP contribution in [0.5, 0.6) is 0 Å². The standard InChI is InChI=1S/C32H33BrN2O6/c1-20-27(29(36)34-26(19-39-31(34)38)18-21-8-6-5-7-9-21)28(22-10-14-24(33)15-11-22)35(41-20)25-16-12-23(13-17-25)30(37)40-32(2,3)4/h5-17,20,26-28H,18-19H2,1-4H3/t20-,26+,27-,28+/m0/s1. The molecular formula is C32H33BrN2O6. The third kappa shape index (κ3) is 6.31. The Labute approximate surface area is 248 Å². The number of hydrogen-bond acceptors (Lipinski definition) is 7. The molecule has 0 saturated carbocycles. The maximum Gasteiger partial charge on any atom is 0.416 e. The van der Waals surface area contributed by atoms with Crippen LogP contribution < -0.4 is 5.06 Å². The lowest BCUT2D eigenvalue weighted by Crippen LogP contribution is -2.46. The fourth-order valence-corrected chi connectivity index (χ4v) is 5.55. The predicted octanol–water partition coefficient (Wildman–Crippen LogP) is 6.49. The van der Waals surface area contributed by atoms with Gasteiger partial charge in [-0.05, 0) is 81.6 Å². The molecule has 4 atom stereocenters. The maximum atomic E-state index is 14.2. The number of esters is 1. The number of anilines is 1. The summed E-state index contributed by atoms with van der Waals surface area (Å²) in [5, 5.41) is 1.70. The van der Waals surface area contributed by atoms with Crippen LogP contribution in [0.25, 0.3) is 0 Å². The van der Waals surface area contributed by atoms with Crippen LogP contribution >= 0.6 is 15.9 Å². The molecule has 0 aliphatic carbocycles. The van der Waals surface area contributed by atoms with Crippen LogP contribution in [0.2, 0.25) is 0 Å². The molecule has 5 rings (SSSR count). The second-order valence-corrected chi connectivity index (χ2v) is 12.3. The summed E-state index contributed by atoms with van der Waals surface area (Å²) in [7, 11) is 0. The number of imide groups is 1. The average molecular weight is 622 g/mol. The minimum absolute atomic E-state index is 0.139. The molecule has 0 radical (unpaired) electrons. The highest BCUT2D eigenvalue weighted by Gasteiger charge is 2.51. The summed E-state index contributed by atoms with van der Waals surface area (Å²) in [6.45, 7) is 7.43. The van der Waals surface area contributed by atoms with Gasteiger partial charge in [-0.15, -0.1) is 0 Å². The number of rotatable bonds is 6. The minimum atomic E-state index is -0.703. The second kappa shape index (κ2) is 11.7. The van der Waals surface area contributed by atoms with E-state index in [1.165, 1.54) is 4.90 Å². The Kier molecular flexibility index (Phi) is 8.20. The number of hydrogen-bond donors (Lipinski definition) is 0. The van der Waals surface area contributed by atoms with Crippen LogP contribution in [-0.4, -0.2) is 47.2 Å². The summed E-state index contributed by atoms with van der Waals surface area (Å²) in [4.78, 5) is 47.3. The lowest BCUT2D eigenvalue weighted by Gasteiger charge is -2.29. The molecule has 2 aliphatic heterocycles. The number of benzene rings is 3. The molecule has 0 unspecified atom stereocenters. The van der Waals surface area contributed by atoms with Gasteiger partial charge in [0.2, 0.25) is 5.91 Å². The minimum Gasteiger partial charge on any atom is -0.456 e. The monoisotopic (exact) mass is 620 g/mol. The van der Waals surface area contributed by atoms with Crippen LogP contribution in [0.1, 0.15) is 55.2 Å². The van der Waals surface area contributed by atoms with Crippen molar-refractivity contribution in [3.8, 4) is 0 Å². The maximum absolute atomic E-state index is 14.2. The van der Waals surface area contributed by atoms with Gasteiger partial charge < -0.3 is 9.47 Å². The third-order valence-corrected chi connectivity index (χ3v) is 7.67. The van der Waals surface area contributed by atoms with Gasteiger partial charge in [0.05, 0.1) is 35.4 Å². The van der Waals surface area contributed by atoms with Crippen molar-refractivity contribution < 1.29 is 28.7 Å². The molecule has 2 aliphatic rings. The van der Waals surface area contributed by atoms with E-state index in [2.05, 4.69) is 15.9 Å². The Balaban J connectivity index is 1.46. The first-order valence-corrected chi connectivity index (χ1v) is 14.4. The van der Waals surface area contributed by atoms with E-state index in [1.54, 1.807) is 29.3 Å². The zero-order chi connectivity index (χ0) is 29.3. The summed E-state index contributed by atoms with van der Waals surface area (Å²) in [6, 6.07) is 23.4. The normalized spacial score (nSPS) is 22.5. The average Bonchev–Trinajstić information content (AvgIpc) is 3.47. The molecule has 3 aromatic rings. The molecule has 0 aromatic heterocycles. The number of ether oxygens (including phenoxy) is 2. The summed E-state index contributed by atoms with van der Waals surface area (Å²) in [6.07, 6.45) is -0.690. The van der Waals surface area contributed by atoms with E-state index in [9.17, 15) is 14.4 Å². The Morgan fingerprint density at radius 3 is 2.27 bits per heavy atom. The van der Waals surface area contributed by atoms with Crippen LogP contribution in [0.3, 0.4) is 0 Å². The van der Waals surface area contributed by atoms with Gasteiger partial charge in [0, 0.05) is 4.47 Å². The van der Waals surface area contributed by atoms with E-state index in [1.807, 2.05) is 82.3 Å². The second-order valence-electron chi connectivity index (χ2n) is 11.3. The van der Waals surface area contributed by atoms with Crippen molar-refractivity contribution in [3.05, 3.63) is 100 Å². The summed E-state index contributed by atoms with van der Waals surface area (Å²) in [5.74, 6) is -1.47. The molecule has 2 saturated heterocycles. The number of amides is 2. The Bertz CT molecular complexity index is 1400. The molecule has 0 bridgehead atoms. The number of halogens is 1. The number of cyclic esters (lactones) is 1. The quantitative estimate of drug-likeness (QED) is 0.291. The molecule has 41 heavy (non-hydrogen) atoms. The number of carbonyl (C=O) groups excluding carboxylic acids is 3. The van der Waals surface area contributed by atoms with E-state index in [0.717, 1.165) is 15.6 Å². The van der Waals surface area contributed by atoms with E-state index in [0.29, 0.717) is 17.7 Å². The lowest BCUT2D eigenvalue weighted by molar-refractivity contribution is -0.135. The highest BCUT2D eigenvalue weighted by molar-refractivity contribution is 9.10. The first kappa shape index (κ1) is 28.8. The van der Waals surface area contributed by atoms with Gasteiger partial charge in [0.25, 0.3) is 0 Å². The fraction of sp³-hybridized carbons (Fsp3) is 0.344. The first-order valence-electron chi connectivity index (χ1n) is 13.6. The molecule has 214 valence electrons. The fourth-order valence-electron chi connectivity index (χ4n) is 5.28. The zero-order valence-electron chi connectivity index (χ0n) is 23.5. The van der Waals surface area contributed by atoms with Crippen LogP contribution in [-0.2, 0) is 25.5 Å². The molecule has 3 aromatic carbocycles. The molecule has 8 nitrogen and oxygen atoms in total. The van der Waals surface area contributed by atoms with Gasteiger partial charge in [0.1, 0.15) is 12.2 Å². The topological polar surface area (TPSA) is 85.4 Å². The van der Waals surface area contributed by atoms with Gasteiger partial charge in [0.15, 0.2) is 0 Å². The zero-order valence-corrected chi connectivity index (χ0v) is 25.0. The van der Waals surface area contributed by atoms with Crippen molar-refractivity contribution in [1.29, 1.82) is 0 Å². The van der Waals surface area contributed by atoms with Gasteiger partial charge in [-0.1, -0.05) is 58.4 Å². The molecular weight excluding hydrogens is 588 g/mol. The van der Waals surface area contributed by atoms with Crippen molar-refractivity contribution in [2.75, 3.05) is 11.7 Å². The number of hydroxylamine groups is 1. The lowest BCUT2D eigenvalue weighted by atomic mass is 9.88.